The van der Waals surface area contributed by atoms with Gasteiger partial charge in [-0.05, 0) is 24.6 Å². The molecule has 0 bridgehead atoms. The molecule has 1 aromatic rings. The Morgan fingerprint density at radius 1 is 1.88 bits per heavy atom. The van der Waals surface area contributed by atoms with Gasteiger partial charge >= 0.3 is 0 Å². The van der Waals surface area contributed by atoms with Crippen LogP contribution in [0, 0.1) is 0 Å². The number of aromatic nitrogens is 1. The van der Waals surface area contributed by atoms with Crippen molar-refractivity contribution in [3.05, 3.63) is 17.1 Å². The number of nitrogens with one attached hydrogen (secondary N) is 1. The van der Waals surface area contributed by atoms with Crippen LogP contribution in [0.25, 0.3) is 0 Å². The summed E-state index contributed by atoms with van der Waals surface area (Å²) >= 11 is 1.53. The van der Waals surface area contributed by atoms with Gasteiger partial charge in [0.1, 0.15) is 0 Å². The minimum absolute atomic E-state index is 0.935. The fraction of sp³-hybridized carbons (Fsp3) is 0.400. The third kappa shape index (κ3) is 1.28. The van der Waals surface area contributed by atoms with Crippen LogP contribution >= 0.6 is 11.5 Å². The van der Waals surface area contributed by atoms with Crippen LogP contribution in [0.4, 0.5) is 0 Å². The minimum atomic E-state index is 0.935. The van der Waals surface area contributed by atoms with Gasteiger partial charge < -0.3 is 5.32 Å². The van der Waals surface area contributed by atoms with Crippen LogP contribution in [0.15, 0.2) is 12.3 Å². The summed E-state index contributed by atoms with van der Waals surface area (Å²) in [5.41, 5.74) is 0. The summed E-state index contributed by atoms with van der Waals surface area (Å²) in [7, 11) is 1.93. The van der Waals surface area contributed by atoms with Crippen LogP contribution in [0.3, 0.4) is 0 Å². The molecule has 1 aromatic heterocycles. The first-order valence-electron chi connectivity index (χ1n) is 2.47. The van der Waals surface area contributed by atoms with Crippen molar-refractivity contribution in [3.8, 4) is 0 Å². The maximum absolute atomic E-state index is 3.94. The van der Waals surface area contributed by atoms with E-state index in [9.17, 15) is 0 Å². The van der Waals surface area contributed by atoms with Crippen molar-refractivity contribution in [2.24, 2.45) is 0 Å². The molecular formula is C5H8N2S. The van der Waals surface area contributed by atoms with E-state index in [1.807, 2.05) is 19.3 Å². The molecule has 1 heterocycles. The number of rotatable bonds is 2. The molecule has 0 unspecified atom stereocenters. The molecule has 0 aromatic carbocycles. The molecule has 0 aliphatic carbocycles. The molecule has 0 saturated carbocycles. The van der Waals surface area contributed by atoms with Gasteiger partial charge in [0.2, 0.25) is 0 Å². The molecule has 1 N–H and O–H groups in total. The van der Waals surface area contributed by atoms with E-state index in [1.165, 1.54) is 16.4 Å². The third-order valence-electron chi connectivity index (χ3n) is 0.842. The topological polar surface area (TPSA) is 24.9 Å². The van der Waals surface area contributed by atoms with Gasteiger partial charge in [0.25, 0.3) is 0 Å². The molecule has 2 nitrogen and oxygen atoms in total. The third-order valence-corrected chi connectivity index (χ3v) is 1.58. The zero-order valence-corrected chi connectivity index (χ0v) is 5.53. The Hall–Kier alpha value is -0.410. The first kappa shape index (κ1) is 5.72. The molecule has 0 amide bonds. The maximum atomic E-state index is 3.94. The van der Waals surface area contributed by atoms with E-state index in [2.05, 4.69) is 9.69 Å². The molecule has 0 saturated heterocycles. The summed E-state index contributed by atoms with van der Waals surface area (Å²) < 4.78 is 3.94. The van der Waals surface area contributed by atoms with Gasteiger partial charge in [-0.2, -0.15) is 0 Å². The summed E-state index contributed by atoms with van der Waals surface area (Å²) in [6.45, 7) is 0.935. The summed E-state index contributed by atoms with van der Waals surface area (Å²) in [6.07, 6.45) is 1.82. The van der Waals surface area contributed by atoms with Crippen LogP contribution in [0.1, 0.15) is 4.88 Å². The Morgan fingerprint density at radius 3 is 3.25 bits per heavy atom. The Balaban J connectivity index is 2.50. The quantitative estimate of drug-likeness (QED) is 0.639. The normalized spacial score (nSPS) is 9.62. The van der Waals surface area contributed by atoms with Crippen molar-refractivity contribution in [1.29, 1.82) is 0 Å². The average Bonchev–Trinajstić information content (AvgIpc) is 2.19. The highest BCUT2D eigenvalue weighted by atomic mass is 32.1. The monoisotopic (exact) mass is 128 g/mol. The number of hydrogen-bond donors (Lipinski definition) is 1. The van der Waals surface area contributed by atoms with E-state index >= 15 is 0 Å². The van der Waals surface area contributed by atoms with Crippen LogP contribution in [-0.4, -0.2) is 11.4 Å². The molecule has 3 heteroatoms. The Kier molecular flexibility index (Phi) is 2.00. The Labute approximate surface area is 52.7 Å². The van der Waals surface area contributed by atoms with Gasteiger partial charge in [-0.3, -0.25) is 0 Å². The lowest BCUT2D eigenvalue weighted by atomic mass is 10.5. The van der Waals surface area contributed by atoms with E-state index < -0.39 is 0 Å². The Bertz CT molecular complexity index is 136. The highest BCUT2D eigenvalue weighted by Crippen LogP contribution is 2.01. The summed E-state index contributed by atoms with van der Waals surface area (Å²) in [6, 6.07) is 2.02. The molecule has 44 valence electrons. The van der Waals surface area contributed by atoms with Crippen LogP contribution in [0.5, 0.6) is 0 Å². The Morgan fingerprint density at radius 2 is 2.75 bits per heavy atom. The van der Waals surface area contributed by atoms with Crippen LogP contribution in [-0.2, 0) is 6.54 Å². The SMILES string of the molecule is CNCc1ccns1. The predicted octanol–water partition coefficient (Wildman–Crippen LogP) is 0.863. The highest BCUT2D eigenvalue weighted by molar-refractivity contribution is 7.05. The lowest BCUT2D eigenvalue weighted by molar-refractivity contribution is 0.831. The molecule has 0 radical (unpaired) electrons. The molecule has 0 spiro atoms. The molecular weight excluding hydrogens is 120 g/mol. The second-order valence-electron chi connectivity index (χ2n) is 1.51. The van der Waals surface area contributed by atoms with Crippen LogP contribution < -0.4 is 5.32 Å². The van der Waals surface area contributed by atoms with Gasteiger partial charge in [0.05, 0.1) is 0 Å². The molecule has 8 heavy (non-hydrogen) atoms. The average molecular weight is 128 g/mol. The van der Waals surface area contributed by atoms with Gasteiger partial charge in [-0.1, -0.05) is 0 Å². The first-order chi connectivity index (χ1) is 3.93. The highest BCUT2D eigenvalue weighted by Gasteiger charge is 1.87. The second-order valence-corrected chi connectivity index (χ2v) is 2.43. The maximum Gasteiger partial charge on any atom is 0.0410 e. The molecule has 1 rings (SSSR count). The van der Waals surface area contributed by atoms with Gasteiger partial charge in [-0.15, -0.1) is 0 Å². The number of nitrogens with zero attached hydrogens (tertiary/aromatic N) is 1. The van der Waals surface area contributed by atoms with Crippen molar-refractivity contribution in [2.75, 3.05) is 7.05 Å². The van der Waals surface area contributed by atoms with E-state index in [1.54, 1.807) is 0 Å². The van der Waals surface area contributed by atoms with E-state index in [0.717, 1.165) is 6.54 Å². The second kappa shape index (κ2) is 2.79. The summed E-state index contributed by atoms with van der Waals surface area (Å²) in [5.74, 6) is 0. The van der Waals surface area contributed by atoms with E-state index in [4.69, 9.17) is 0 Å². The standard InChI is InChI=1S/C5H8N2S/c1-6-4-5-2-3-7-8-5/h2-3,6H,4H2,1H3. The molecule has 0 aliphatic heterocycles. The largest absolute Gasteiger partial charge is 0.315 e. The molecule has 0 aliphatic rings. The lowest BCUT2D eigenvalue weighted by Gasteiger charge is -1.88. The fourth-order valence-electron chi connectivity index (χ4n) is 0.508. The predicted molar refractivity (Wildman–Crippen MR) is 34.9 cm³/mol. The van der Waals surface area contributed by atoms with Gasteiger partial charge in [-0.25, -0.2) is 4.37 Å². The van der Waals surface area contributed by atoms with Crippen molar-refractivity contribution in [1.82, 2.24) is 9.69 Å². The molecule has 0 fully saturated rings. The van der Waals surface area contributed by atoms with Crippen LogP contribution in [0.2, 0.25) is 0 Å². The lowest BCUT2D eigenvalue weighted by Crippen LogP contribution is -2.02. The summed E-state index contributed by atoms with van der Waals surface area (Å²) in [5, 5.41) is 3.04. The zero-order valence-electron chi connectivity index (χ0n) is 4.72. The van der Waals surface area contributed by atoms with Crippen molar-refractivity contribution in [3.63, 3.8) is 0 Å². The molecule has 0 atom stereocenters. The zero-order chi connectivity index (χ0) is 5.82. The summed E-state index contributed by atoms with van der Waals surface area (Å²) in [4.78, 5) is 1.28. The van der Waals surface area contributed by atoms with E-state index in [0.29, 0.717) is 0 Å². The van der Waals surface area contributed by atoms with Crippen molar-refractivity contribution in [2.45, 2.75) is 6.54 Å². The van der Waals surface area contributed by atoms with Gasteiger partial charge in [0.15, 0.2) is 0 Å². The van der Waals surface area contributed by atoms with Crippen molar-refractivity contribution < 1.29 is 0 Å². The van der Waals surface area contributed by atoms with Gasteiger partial charge in [0, 0.05) is 17.6 Å². The van der Waals surface area contributed by atoms with E-state index in [-0.39, 0.29) is 0 Å². The fourth-order valence-corrected chi connectivity index (χ4v) is 1.10. The smallest absolute Gasteiger partial charge is 0.0410 e. The number of hydrogen-bond acceptors (Lipinski definition) is 3. The first-order valence-corrected chi connectivity index (χ1v) is 3.25. The minimum Gasteiger partial charge on any atom is -0.315 e. The van der Waals surface area contributed by atoms with Crippen molar-refractivity contribution >= 4 is 11.5 Å².